The van der Waals surface area contributed by atoms with Crippen molar-refractivity contribution in [3.8, 4) is 5.75 Å². The second kappa shape index (κ2) is 6.47. The first kappa shape index (κ1) is 13.0. The first-order valence-corrected chi connectivity index (χ1v) is 6.77. The molecular formula is C13H17N3OS. The van der Waals surface area contributed by atoms with Crippen LogP contribution in [0.1, 0.15) is 15.6 Å². The molecule has 0 aliphatic carbocycles. The molecule has 1 aromatic heterocycles. The van der Waals surface area contributed by atoms with Crippen LogP contribution >= 0.6 is 11.3 Å². The van der Waals surface area contributed by atoms with Crippen LogP contribution in [0.4, 0.5) is 0 Å². The Bertz CT molecular complexity index is 481. The Morgan fingerprint density at radius 2 is 1.72 bits per heavy atom. The highest BCUT2D eigenvalue weighted by atomic mass is 32.1. The van der Waals surface area contributed by atoms with Crippen LogP contribution in [0.15, 0.2) is 24.3 Å². The first-order valence-electron chi connectivity index (χ1n) is 5.96. The number of hydrogen-bond acceptors (Lipinski definition) is 5. The largest absolute Gasteiger partial charge is 0.497 e. The van der Waals surface area contributed by atoms with Gasteiger partial charge in [0.1, 0.15) is 15.8 Å². The third kappa shape index (κ3) is 3.51. The summed E-state index contributed by atoms with van der Waals surface area (Å²) in [5, 5.41) is 10.4. The molecule has 2 aromatic rings. The first-order chi connectivity index (χ1) is 8.81. The van der Waals surface area contributed by atoms with E-state index < -0.39 is 0 Å². The van der Waals surface area contributed by atoms with Gasteiger partial charge in [0.25, 0.3) is 0 Å². The van der Waals surface area contributed by atoms with Gasteiger partial charge in [0, 0.05) is 12.8 Å². The number of ether oxygens (including phenoxy) is 1. The molecule has 4 nitrogen and oxygen atoms in total. The Morgan fingerprint density at radius 1 is 1.06 bits per heavy atom. The molecule has 0 bridgehead atoms. The lowest BCUT2D eigenvalue weighted by atomic mass is 10.1. The van der Waals surface area contributed by atoms with E-state index in [2.05, 4.69) is 22.3 Å². The number of nitrogens with two attached hydrogens (primary N) is 1. The number of hydrogen-bond donors (Lipinski definition) is 1. The Balaban J connectivity index is 1.89. The Labute approximate surface area is 111 Å². The lowest BCUT2D eigenvalue weighted by molar-refractivity contribution is 0.414. The van der Waals surface area contributed by atoms with Crippen LogP contribution in [0.25, 0.3) is 0 Å². The van der Waals surface area contributed by atoms with Crippen molar-refractivity contribution in [1.29, 1.82) is 0 Å². The summed E-state index contributed by atoms with van der Waals surface area (Å²) in [4.78, 5) is 0. The summed E-state index contributed by atoms with van der Waals surface area (Å²) in [5.74, 6) is 0.889. The smallest absolute Gasteiger partial charge is 0.118 e. The highest BCUT2D eigenvalue weighted by Crippen LogP contribution is 2.15. The standard InChI is InChI=1S/C13H17N3OS/c1-17-11-5-2-10(3-6-11)4-7-12-15-16-13(18-12)8-9-14/h2-3,5-6H,4,7-9,14H2,1H3. The Kier molecular flexibility index (Phi) is 4.66. The van der Waals surface area contributed by atoms with Gasteiger partial charge in [-0.05, 0) is 30.7 Å². The molecule has 0 aliphatic rings. The van der Waals surface area contributed by atoms with Crippen LogP contribution in [0.3, 0.4) is 0 Å². The topological polar surface area (TPSA) is 61.0 Å². The Morgan fingerprint density at radius 3 is 2.33 bits per heavy atom. The molecule has 18 heavy (non-hydrogen) atoms. The van der Waals surface area contributed by atoms with Crippen molar-refractivity contribution in [3.63, 3.8) is 0 Å². The van der Waals surface area contributed by atoms with Crippen molar-refractivity contribution >= 4 is 11.3 Å². The summed E-state index contributed by atoms with van der Waals surface area (Å²) in [6, 6.07) is 8.13. The van der Waals surface area contributed by atoms with E-state index in [1.54, 1.807) is 18.4 Å². The third-order valence-corrected chi connectivity index (χ3v) is 3.70. The molecule has 5 heteroatoms. The predicted octanol–water partition coefficient (Wildman–Crippen LogP) is 1.83. The van der Waals surface area contributed by atoms with Gasteiger partial charge in [0.2, 0.25) is 0 Å². The fourth-order valence-electron chi connectivity index (χ4n) is 1.66. The summed E-state index contributed by atoms with van der Waals surface area (Å²) in [6.07, 6.45) is 2.72. The molecule has 0 spiro atoms. The lowest BCUT2D eigenvalue weighted by Crippen LogP contribution is -2.01. The highest BCUT2D eigenvalue weighted by Gasteiger charge is 2.04. The number of nitrogens with zero attached hydrogens (tertiary/aromatic N) is 2. The number of benzene rings is 1. The maximum Gasteiger partial charge on any atom is 0.118 e. The molecule has 0 amide bonds. The van der Waals surface area contributed by atoms with Gasteiger partial charge < -0.3 is 10.5 Å². The zero-order valence-electron chi connectivity index (χ0n) is 10.4. The minimum absolute atomic E-state index is 0.632. The van der Waals surface area contributed by atoms with Crippen LogP contribution < -0.4 is 10.5 Å². The second-order valence-electron chi connectivity index (χ2n) is 3.98. The van der Waals surface area contributed by atoms with E-state index in [1.807, 2.05) is 12.1 Å². The summed E-state index contributed by atoms with van der Waals surface area (Å²) in [6.45, 7) is 0.632. The predicted molar refractivity (Wildman–Crippen MR) is 73.1 cm³/mol. The maximum atomic E-state index is 5.49. The highest BCUT2D eigenvalue weighted by molar-refractivity contribution is 7.11. The van der Waals surface area contributed by atoms with E-state index >= 15 is 0 Å². The fraction of sp³-hybridized carbons (Fsp3) is 0.385. The monoisotopic (exact) mass is 263 g/mol. The fourth-order valence-corrected chi connectivity index (χ4v) is 2.52. The van der Waals surface area contributed by atoms with Crippen molar-refractivity contribution < 1.29 is 4.74 Å². The lowest BCUT2D eigenvalue weighted by Gasteiger charge is -2.01. The van der Waals surface area contributed by atoms with Gasteiger partial charge in [-0.25, -0.2) is 0 Å². The Hall–Kier alpha value is -1.46. The number of methoxy groups -OCH3 is 1. The van der Waals surface area contributed by atoms with Gasteiger partial charge in [-0.1, -0.05) is 12.1 Å². The maximum absolute atomic E-state index is 5.49. The molecule has 0 unspecified atom stereocenters. The van der Waals surface area contributed by atoms with Gasteiger partial charge in [0.05, 0.1) is 7.11 Å². The van der Waals surface area contributed by atoms with Gasteiger partial charge in [-0.2, -0.15) is 0 Å². The van der Waals surface area contributed by atoms with Gasteiger partial charge in [0.15, 0.2) is 0 Å². The van der Waals surface area contributed by atoms with Crippen molar-refractivity contribution in [2.45, 2.75) is 19.3 Å². The molecule has 0 fully saturated rings. The van der Waals surface area contributed by atoms with Crippen LogP contribution in [0.2, 0.25) is 0 Å². The minimum atomic E-state index is 0.632. The van der Waals surface area contributed by atoms with E-state index in [-0.39, 0.29) is 0 Å². The van der Waals surface area contributed by atoms with E-state index in [4.69, 9.17) is 10.5 Å². The number of rotatable bonds is 6. The molecule has 0 aliphatic heterocycles. The van der Waals surface area contributed by atoms with Crippen molar-refractivity contribution in [1.82, 2.24) is 10.2 Å². The van der Waals surface area contributed by atoms with Crippen molar-refractivity contribution in [2.75, 3.05) is 13.7 Å². The SMILES string of the molecule is COc1ccc(CCc2nnc(CCN)s2)cc1. The molecule has 0 atom stereocenters. The molecule has 0 saturated heterocycles. The molecule has 2 N–H and O–H groups in total. The quantitative estimate of drug-likeness (QED) is 0.863. The average Bonchev–Trinajstić information content (AvgIpc) is 2.85. The van der Waals surface area contributed by atoms with Gasteiger partial charge in [-0.15, -0.1) is 21.5 Å². The van der Waals surface area contributed by atoms with Crippen molar-refractivity contribution in [3.05, 3.63) is 39.8 Å². The van der Waals surface area contributed by atoms with Crippen LogP contribution in [-0.2, 0) is 19.3 Å². The minimum Gasteiger partial charge on any atom is -0.497 e. The average molecular weight is 263 g/mol. The van der Waals surface area contributed by atoms with Crippen molar-refractivity contribution in [2.24, 2.45) is 5.73 Å². The number of aromatic nitrogens is 2. The molecule has 96 valence electrons. The second-order valence-corrected chi connectivity index (χ2v) is 5.12. The summed E-state index contributed by atoms with van der Waals surface area (Å²) in [5.41, 5.74) is 6.77. The van der Waals surface area contributed by atoms with E-state index in [9.17, 15) is 0 Å². The molecule has 2 rings (SSSR count). The zero-order valence-corrected chi connectivity index (χ0v) is 11.2. The molecule has 1 aromatic carbocycles. The number of aryl methyl sites for hydroxylation is 2. The van der Waals surface area contributed by atoms with Crippen LogP contribution in [-0.4, -0.2) is 23.9 Å². The summed E-state index contributed by atoms with van der Waals surface area (Å²) < 4.78 is 5.13. The normalized spacial score (nSPS) is 10.6. The zero-order chi connectivity index (χ0) is 12.8. The van der Waals surface area contributed by atoms with E-state index in [0.29, 0.717) is 6.54 Å². The third-order valence-electron chi connectivity index (χ3n) is 2.65. The van der Waals surface area contributed by atoms with Crippen LogP contribution in [0, 0.1) is 0 Å². The van der Waals surface area contributed by atoms with Crippen LogP contribution in [0.5, 0.6) is 5.75 Å². The van der Waals surface area contributed by atoms with Gasteiger partial charge >= 0.3 is 0 Å². The van der Waals surface area contributed by atoms with E-state index in [1.165, 1.54) is 5.56 Å². The van der Waals surface area contributed by atoms with Gasteiger partial charge in [-0.3, -0.25) is 0 Å². The molecular weight excluding hydrogens is 246 g/mol. The molecule has 0 saturated carbocycles. The molecule has 0 radical (unpaired) electrons. The molecule has 1 heterocycles. The summed E-state index contributed by atoms with van der Waals surface area (Å²) in [7, 11) is 1.68. The summed E-state index contributed by atoms with van der Waals surface area (Å²) >= 11 is 1.66. The van der Waals surface area contributed by atoms with E-state index in [0.717, 1.165) is 35.0 Å².